The van der Waals surface area contributed by atoms with Crippen LogP contribution >= 0.6 is 0 Å². The molecule has 6 heteroatoms. The summed E-state index contributed by atoms with van der Waals surface area (Å²) in [5.41, 5.74) is 0.0218. The fourth-order valence-electron chi connectivity index (χ4n) is 2.09. The highest BCUT2D eigenvalue weighted by atomic mass is 16.6. The monoisotopic (exact) mass is 264 g/mol. The van der Waals surface area contributed by atoms with E-state index in [1.165, 1.54) is 12.1 Å². The highest BCUT2D eigenvalue weighted by molar-refractivity contribution is 5.80. The lowest BCUT2D eigenvalue weighted by atomic mass is 9.91. The number of nitro groups is 1. The number of amides is 1. The fraction of sp³-hybridized carbons (Fsp3) is 0.462. The first-order chi connectivity index (χ1) is 8.93. The smallest absolute Gasteiger partial charge is 0.269 e. The van der Waals surface area contributed by atoms with Gasteiger partial charge in [0.2, 0.25) is 5.91 Å². The average Bonchev–Trinajstić information content (AvgIpc) is 2.35. The number of non-ortho nitro benzene ring substituents is 1. The molecule has 2 rings (SSSR count). The molecule has 0 saturated carbocycles. The molecule has 1 aromatic rings. The molecule has 1 amide bonds. The molecule has 0 aliphatic carbocycles. The van der Waals surface area contributed by atoms with E-state index in [0.29, 0.717) is 19.5 Å². The van der Waals surface area contributed by atoms with E-state index < -0.39 is 10.5 Å². The number of aliphatic hydroxyl groups is 1. The Bertz CT molecular complexity index is 492. The van der Waals surface area contributed by atoms with Crippen molar-refractivity contribution in [3.63, 3.8) is 0 Å². The van der Waals surface area contributed by atoms with Gasteiger partial charge in [-0.3, -0.25) is 14.9 Å². The number of likely N-dealkylation sites (tertiary alicyclic amines) is 1. The van der Waals surface area contributed by atoms with E-state index in [0.717, 1.165) is 5.56 Å². The second-order valence-corrected chi connectivity index (χ2v) is 4.93. The lowest BCUT2D eigenvalue weighted by Crippen LogP contribution is -2.63. The van der Waals surface area contributed by atoms with Crippen LogP contribution < -0.4 is 0 Å². The molecule has 1 aliphatic heterocycles. The molecule has 0 radical (unpaired) electrons. The second kappa shape index (κ2) is 4.97. The normalized spacial score (nSPS) is 16.8. The topological polar surface area (TPSA) is 83.7 Å². The Morgan fingerprint density at radius 3 is 2.47 bits per heavy atom. The molecule has 1 saturated heterocycles. The molecular weight excluding hydrogens is 248 g/mol. The highest BCUT2D eigenvalue weighted by Gasteiger charge is 2.41. The van der Waals surface area contributed by atoms with Crippen molar-refractivity contribution in [1.29, 1.82) is 0 Å². The van der Waals surface area contributed by atoms with Gasteiger partial charge >= 0.3 is 0 Å². The number of hydrogen-bond donors (Lipinski definition) is 1. The Kier molecular flexibility index (Phi) is 3.53. The molecule has 0 spiro atoms. The Morgan fingerprint density at radius 2 is 2.00 bits per heavy atom. The van der Waals surface area contributed by atoms with E-state index in [1.807, 2.05) is 6.92 Å². The van der Waals surface area contributed by atoms with Crippen molar-refractivity contribution in [3.8, 4) is 0 Å². The van der Waals surface area contributed by atoms with E-state index in [2.05, 4.69) is 0 Å². The van der Waals surface area contributed by atoms with E-state index >= 15 is 0 Å². The minimum atomic E-state index is -0.731. The van der Waals surface area contributed by atoms with Gasteiger partial charge in [0, 0.05) is 12.1 Å². The van der Waals surface area contributed by atoms with Gasteiger partial charge in [-0.05, 0) is 12.0 Å². The number of β-amino-alcohol motifs (C(OH)–C–C–N with tert-alkyl or cyclic N) is 1. The Labute approximate surface area is 110 Å². The van der Waals surface area contributed by atoms with Gasteiger partial charge in [-0.2, -0.15) is 0 Å². The fourth-order valence-corrected chi connectivity index (χ4v) is 2.09. The average molecular weight is 264 g/mol. The molecule has 1 N–H and O–H groups in total. The molecule has 1 heterocycles. The second-order valence-electron chi connectivity index (χ2n) is 4.93. The van der Waals surface area contributed by atoms with Gasteiger partial charge in [0.25, 0.3) is 5.69 Å². The molecule has 0 aromatic heterocycles. The Hall–Kier alpha value is -1.95. The van der Waals surface area contributed by atoms with Gasteiger partial charge in [-0.1, -0.05) is 19.1 Å². The molecule has 0 unspecified atom stereocenters. The van der Waals surface area contributed by atoms with Crippen LogP contribution in [0.15, 0.2) is 24.3 Å². The van der Waals surface area contributed by atoms with Crippen LogP contribution in [0.4, 0.5) is 5.69 Å². The maximum absolute atomic E-state index is 11.9. The number of carbonyl (C=O) groups excluding carboxylic acids is 1. The van der Waals surface area contributed by atoms with Crippen molar-refractivity contribution in [2.24, 2.45) is 0 Å². The summed E-state index contributed by atoms with van der Waals surface area (Å²) in [5, 5.41) is 20.3. The van der Waals surface area contributed by atoms with Crippen LogP contribution in [-0.4, -0.2) is 39.5 Å². The van der Waals surface area contributed by atoms with Gasteiger partial charge in [0.1, 0.15) is 0 Å². The summed E-state index contributed by atoms with van der Waals surface area (Å²) in [4.78, 5) is 23.5. The first-order valence-corrected chi connectivity index (χ1v) is 6.17. The van der Waals surface area contributed by atoms with Crippen molar-refractivity contribution < 1.29 is 14.8 Å². The van der Waals surface area contributed by atoms with Crippen molar-refractivity contribution >= 4 is 11.6 Å². The van der Waals surface area contributed by atoms with Gasteiger partial charge in [0.05, 0.1) is 30.0 Å². The third-order valence-corrected chi connectivity index (χ3v) is 3.48. The number of nitrogens with zero attached hydrogens (tertiary/aromatic N) is 2. The first kappa shape index (κ1) is 13.5. The van der Waals surface area contributed by atoms with Crippen LogP contribution in [-0.2, 0) is 11.2 Å². The number of benzene rings is 1. The van der Waals surface area contributed by atoms with Crippen LogP contribution in [0.25, 0.3) is 0 Å². The van der Waals surface area contributed by atoms with E-state index in [-0.39, 0.29) is 18.0 Å². The zero-order chi connectivity index (χ0) is 14.0. The third-order valence-electron chi connectivity index (χ3n) is 3.48. The zero-order valence-corrected chi connectivity index (χ0v) is 10.7. The molecule has 1 fully saturated rings. The van der Waals surface area contributed by atoms with E-state index in [1.54, 1.807) is 17.0 Å². The predicted octanol–water partition coefficient (Wildman–Crippen LogP) is 1.12. The molecule has 0 atom stereocenters. The standard InChI is InChI=1S/C13H16N2O4/c1-2-13(17)8-14(9-13)12(16)7-10-3-5-11(6-4-10)15(18)19/h3-6,17H,2,7-9H2,1H3. The van der Waals surface area contributed by atoms with Crippen LogP contribution in [0.3, 0.4) is 0 Å². The molecule has 1 aliphatic rings. The largest absolute Gasteiger partial charge is 0.386 e. The zero-order valence-electron chi connectivity index (χ0n) is 10.7. The molecule has 6 nitrogen and oxygen atoms in total. The van der Waals surface area contributed by atoms with Crippen LogP contribution in [0, 0.1) is 10.1 Å². The third kappa shape index (κ3) is 2.90. The number of rotatable bonds is 4. The lowest BCUT2D eigenvalue weighted by molar-refractivity contribution is -0.384. The summed E-state index contributed by atoms with van der Waals surface area (Å²) < 4.78 is 0. The Morgan fingerprint density at radius 1 is 1.42 bits per heavy atom. The van der Waals surface area contributed by atoms with Crippen molar-refractivity contribution in [2.45, 2.75) is 25.4 Å². The summed E-state index contributed by atoms with van der Waals surface area (Å²) in [6, 6.07) is 5.95. The van der Waals surface area contributed by atoms with Crippen LogP contribution in [0.1, 0.15) is 18.9 Å². The van der Waals surface area contributed by atoms with Gasteiger partial charge in [-0.25, -0.2) is 0 Å². The molecule has 19 heavy (non-hydrogen) atoms. The number of carbonyl (C=O) groups is 1. The van der Waals surface area contributed by atoms with Crippen molar-refractivity contribution in [1.82, 2.24) is 4.90 Å². The lowest BCUT2D eigenvalue weighted by Gasteiger charge is -2.46. The summed E-state index contributed by atoms with van der Waals surface area (Å²) in [7, 11) is 0. The maximum Gasteiger partial charge on any atom is 0.269 e. The maximum atomic E-state index is 11.9. The van der Waals surface area contributed by atoms with Crippen molar-refractivity contribution in [2.75, 3.05) is 13.1 Å². The minimum absolute atomic E-state index is 0.0144. The minimum Gasteiger partial charge on any atom is -0.386 e. The SMILES string of the molecule is CCC1(O)CN(C(=O)Cc2ccc([N+](=O)[O-])cc2)C1. The molecule has 1 aromatic carbocycles. The summed E-state index contributed by atoms with van der Waals surface area (Å²) in [5.74, 6) is -0.0630. The predicted molar refractivity (Wildman–Crippen MR) is 68.6 cm³/mol. The van der Waals surface area contributed by atoms with Crippen LogP contribution in [0.5, 0.6) is 0 Å². The van der Waals surface area contributed by atoms with Gasteiger partial charge in [-0.15, -0.1) is 0 Å². The van der Waals surface area contributed by atoms with Gasteiger partial charge in [0.15, 0.2) is 0 Å². The van der Waals surface area contributed by atoms with Crippen molar-refractivity contribution in [3.05, 3.63) is 39.9 Å². The molecular formula is C13H16N2O4. The van der Waals surface area contributed by atoms with Gasteiger partial charge < -0.3 is 10.0 Å². The Balaban J connectivity index is 1.91. The quantitative estimate of drug-likeness (QED) is 0.652. The number of nitro benzene ring substituents is 1. The summed E-state index contributed by atoms with van der Waals surface area (Å²) in [6.45, 7) is 2.63. The summed E-state index contributed by atoms with van der Waals surface area (Å²) >= 11 is 0. The molecule has 102 valence electrons. The number of hydrogen-bond acceptors (Lipinski definition) is 4. The first-order valence-electron chi connectivity index (χ1n) is 6.17. The summed E-state index contributed by atoms with van der Waals surface area (Å²) in [6.07, 6.45) is 0.839. The van der Waals surface area contributed by atoms with E-state index in [4.69, 9.17) is 0 Å². The molecule has 0 bridgehead atoms. The van der Waals surface area contributed by atoms with E-state index in [9.17, 15) is 20.0 Å². The van der Waals surface area contributed by atoms with Crippen LogP contribution in [0.2, 0.25) is 0 Å². The highest BCUT2D eigenvalue weighted by Crippen LogP contribution is 2.24.